The van der Waals surface area contributed by atoms with E-state index in [1.807, 2.05) is 88.4 Å². The van der Waals surface area contributed by atoms with Crippen molar-refractivity contribution in [2.75, 3.05) is 0 Å². The molecule has 6 nitrogen and oxygen atoms in total. The van der Waals surface area contributed by atoms with Crippen LogP contribution in [-0.4, -0.2) is 33.2 Å². The molecule has 38 heavy (non-hydrogen) atoms. The second kappa shape index (κ2) is 10.9. The molecule has 2 aliphatic rings. The van der Waals surface area contributed by atoms with E-state index in [1.165, 1.54) is 0 Å². The fourth-order valence-electron chi connectivity index (χ4n) is 5.26. The normalized spacial score (nSPS) is 20.2. The van der Waals surface area contributed by atoms with Crippen LogP contribution in [0.4, 0.5) is 11.4 Å². The van der Waals surface area contributed by atoms with Crippen molar-refractivity contribution in [3.63, 3.8) is 0 Å². The molecule has 0 unspecified atom stereocenters. The second-order valence-corrected chi connectivity index (χ2v) is 11.8. The molecule has 2 aromatic carbocycles. The maximum absolute atomic E-state index is 13.2. The summed E-state index contributed by atoms with van der Waals surface area (Å²) in [6.45, 7) is 7.84. The number of aliphatic imine (C=N–C) groups is 2. The highest BCUT2D eigenvalue weighted by atomic mass is 16.3. The zero-order chi connectivity index (χ0) is 27.5. The number of hydrogen-bond acceptors (Lipinski definition) is 6. The molecular formula is C32H36N2O4. The summed E-state index contributed by atoms with van der Waals surface area (Å²) in [5.41, 5.74) is 2.08. The highest BCUT2D eigenvalue weighted by Gasteiger charge is 2.37. The standard InChI is InChI=1S/C32H36N2O4/c1-31(2)17-25(35)29(26(36)18-31)23(33-21-11-7-5-8-12-21)15-16-24(34-22-13-9-6-10-14-22)30-27(37)19-32(3,4)20-28(30)38/h5-14,35,37H,15-20H2,1-4H3. The lowest BCUT2D eigenvalue weighted by Crippen LogP contribution is -2.31. The molecule has 198 valence electrons. The van der Waals surface area contributed by atoms with E-state index in [0.29, 0.717) is 48.5 Å². The van der Waals surface area contributed by atoms with Crippen LogP contribution in [0.2, 0.25) is 0 Å². The number of aliphatic hydroxyl groups excluding tert-OH is 2. The molecule has 0 heterocycles. The van der Waals surface area contributed by atoms with Crippen LogP contribution in [0.3, 0.4) is 0 Å². The molecule has 0 amide bonds. The summed E-state index contributed by atoms with van der Waals surface area (Å²) in [6, 6.07) is 18.6. The molecule has 2 N–H and O–H groups in total. The van der Waals surface area contributed by atoms with E-state index in [9.17, 15) is 19.8 Å². The predicted octanol–water partition coefficient (Wildman–Crippen LogP) is 7.71. The van der Waals surface area contributed by atoms with Crippen LogP contribution in [0.15, 0.2) is 93.3 Å². The second-order valence-electron chi connectivity index (χ2n) is 11.8. The molecule has 0 spiro atoms. The number of para-hydroxylation sites is 2. The van der Waals surface area contributed by atoms with Crippen molar-refractivity contribution < 1.29 is 19.8 Å². The minimum absolute atomic E-state index is 0.0417. The third-order valence-electron chi connectivity index (χ3n) is 6.92. The number of Topliss-reactive ketones (excluding diaryl/α,β-unsaturated/α-hetero) is 2. The fourth-order valence-corrected chi connectivity index (χ4v) is 5.26. The average Bonchev–Trinajstić information content (AvgIpc) is 2.81. The van der Waals surface area contributed by atoms with Crippen LogP contribution in [0, 0.1) is 10.8 Å². The number of hydrogen-bond donors (Lipinski definition) is 2. The molecule has 0 atom stereocenters. The Morgan fingerprint density at radius 2 is 0.974 bits per heavy atom. The van der Waals surface area contributed by atoms with Crippen molar-refractivity contribution in [2.45, 2.75) is 66.2 Å². The molecule has 0 aliphatic heterocycles. The summed E-state index contributed by atoms with van der Waals surface area (Å²) in [7, 11) is 0. The van der Waals surface area contributed by atoms with E-state index in [1.54, 1.807) is 0 Å². The zero-order valence-corrected chi connectivity index (χ0v) is 22.6. The Hall–Kier alpha value is -3.80. The lowest BCUT2D eigenvalue weighted by Gasteiger charge is -2.31. The Morgan fingerprint density at radius 3 is 1.29 bits per heavy atom. The molecule has 4 rings (SSSR count). The highest BCUT2D eigenvalue weighted by molar-refractivity contribution is 6.27. The molecule has 0 fully saturated rings. The number of aliphatic hydroxyl groups is 2. The third kappa shape index (κ3) is 6.55. The average molecular weight is 513 g/mol. The number of benzene rings is 2. The number of rotatable bonds is 7. The van der Waals surface area contributed by atoms with Gasteiger partial charge in [0.15, 0.2) is 11.6 Å². The Morgan fingerprint density at radius 1 is 0.632 bits per heavy atom. The minimum atomic E-state index is -0.333. The molecule has 0 aromatic heterocycles. The van der Waals surface area contributed by atoms with Crippen molar-refractivity contribution >= 4 is 34.4 Å². The molecule has 0 bridgehead atoms. The van der Waals surface area contributed by atoms with Gasteiger partial charge >= 0.3 is 0 Å². The number of nitrogens with zero attached hydrogens (tertiary/aromatic N) is 2. The van der Waals surface area contributed by atoms with Crippen molar-refractivity contribution in [3.8, 4) is 0 Å². The van der Waals surface area contributed by atoms with E-state index in [-0.39, 0.29) is 57.9 Å². The monoisotopic (exact) mass is 512 g/mol. The van der Waals surface area contributed by atoms with Gasteiger partial charge in [0.1, 0.15) is 11.5 Å². The summed E-state index contributed by atoms with van der Waals surface area (Å²) >= 11 is 0. The van der Waals surface area contributed by atoms with Crippen LogP contribution < -0.4 is 0 Å². The van der Waals surface area contributed by atoms with Gasteiger partial charge in [-0.3, -0.25) is 19.6 Å². The zero-order valence-electron chi connectivity index (χ0n) is 22.6. The lowest BCUT2D eigenvalue weighted by molar-refractivity contribution is -0.118. The van der Waals surface area contributed by atoms with E-state index < -0.39 is 0 Å². The molecular weight excluding hydrogens is 476 g/mol. The molecule has 0 saturated heterocycles. The van der Waals surface area contributed by atoms with Crippen molar-refractivity contribution in [2.24, 2.45) is 20.8 Å². The van der Waals surface area contributed by atoms with Crippen molar-refractivity contribution in [1.82, 2.24) is 0 Å². The SMILES string of the molecule is CC1(C)CC(=O)C(C(CCC(=Nc2ccccc2)C2=C(O)CC(C)(C)CC2=O)=Nc2ccccc2)=C(O)C1. The van der Waals surface area contributed by atoms with Crippen LogP contribution in [0.1, 0.15) is 66.2 Å². The molecule has 6 heteroatoms. The van der Waals surface area contributed by atoms with E-state index in [0.717, 1.165) is 0 Å². The Kier molecular flexibility index (Phi) is 7.81. The van der Waals surface area contributed by atoms with E-state index in [4.69, 9.17) is 9.98 Å². The van der Waals surface area contributed by atoms with Gasteiger partial charge in [-0.1, -0.05) is 64.1 Å². The number of carbonyl (C=O) groups excluding carboxylic acids is 2. The fraction of sp³-hybridized carbons (Fsp3) is 0.375. The van der Waals surface area contributed by atoms with Gasteiger partial charge in [-0.2, -0.15) is 0 Å². The topological polar surface area (TPSA) is 99.3 Å². The van der Waals surface area contributed by atoms with Crippen LogP contribution in [0.25, 0.3) is 0 Å². The molecule has 2 aliphatic carbocycles. The minimum Gasteiger partial charge on any atom is -0.511 e. The predicted molar refractivity (Wildman–Crippen MR) is 152 cm³/mol. The molecule has 0 radical (unpaired) electrons. The first kappa shape index (κ1) is 27.2. The van der Waals surface area contributed by atoms with Gasteiger partial charge in [0, 0.05) is 25.7 Å². The number of allylic oxidation sites excluding steroid dienone is 4. The van der Waals surface area contributed by atoms with Crippen LogP contribution in [-0.2, 0) is 9.59 Å². The lowest BCUT2D eigenvalue weighted by atomic mass is 9.74. The summed E-state index contributed by atoms with van der Waals surface area (Å²) < 4.78 is 0. The highest BCUT2D eigenvalue weighted by Crippen LogP contribution is 2.39. The van der Waals surface area contributed by atoms with Crippen molar-refractivity contribution in [3.05, 3.63) is 83.3 Å². The quantitative estimate of drug-likeness (QED) is 0.371. The smallest absolute Gasteiger partial charge is 0.168 e. The largest absolute Gasteiger partial charge is 0.511 e. The Bertz CT molecular complexity index is 1240. The Labute approximate surface area is 224 Å². The van der Waals surface area contributed by atoms with Gasteiger partial charge in [-0.25, -0.2) is 0 Å². The van der Waals surface area contributed by atoms with Crippen LogP contribution >= 0.6 is 0 Å². The third-order valence-corrected chi connectivity index (χ3v) is 6.92. The molecule has 0 saturated carbocycles. The maximum atomic E-state index is 13.2. The summed E-state index contributed by atoms with van der Waals surface area (Å²) in [5, 5.41) is 21.9. The summed E-state index contributed by atoms with van der Waals surface area (Å²) in [6.07, 6.45) is 1.91. The number of ketones is 2. The first-order valence-corrected chi connectivity index (χ1v) is 13.1. The van der Waals surface area contributed by atoms with Gasteiger partial charge in [-0.05, 0) is 47.9 Å². The van der Waals surface area contributed by atoms with Gasteiger partial charge in [0.25, 0.3) is 0 Å². The van der Waals surface area contributed by atoms with Crippen LogP contribution in [0.5, 0.6) is 0 Å². The van der Waals surface area contributed by atoms with Gasteiger partial charge in [0.2, 0.25) is 0 Å². The number of carbonyl (C=O) groups is 2. The van der Waals surface area contributed by atoms with Gasteiger partial charge < -0.3 is 10.2 Å². The summed E-state index contributed by atoms with van der Waals surface area (Å²) in [4.78, 5) is 36.0. The van der Waals surface area contributed by atoms with E-state index >= 15 is 0 Å². The van der Waals surface area contributed by atoms with Crippen molar-refractivity contribution in [1.29, 1.82) is 0 Å². The van der Waals surface area contributed by atoms with Gasteiger partial charge in [0.05, 0.1) is 33.9 Å². The maximum Gasteiger partial charge on any atom is 0.168 e. The summed E-state index contributed by atoms with van der Waals surface area (Å²) in [5.74, 6) is -0.208. The van der Waals surface area contributed by atoms with E-state index in [2.05, 4.69) is 0 Å². The first-order chi connectivity index (χ1) is 17.9. The molecule has 2 aromatic rings. The van der Waals surface area contributed by atoms with Gasteiger partial charge in [-0.15, -0.1) is 0 Å². The first-order valence-electron chi connectivity index (χ1n) is 13.1. The Balaban J connectivity index is 1.77.